The Hall–Kier alpha value is -1.25. The Bertz CT molecular complexity index is 880. The van der Waals surface area contributed by atoms with Crippen LogP contribution in [0.4, 0.5) is 9.59 Å². The van der Waals surface area contributed by atoms with E-state index in [2.05, 4.69) is 27.6 Å². The van der Waals surface area contributed by atoms with E-state index in [0.29, 0.717) is 0 Å². The SMILES string of the molecule is O=C(O)OCC(COP(=O)(O)OC1C(O)C(O)C(OP(=O)(O)O)C(OP(=O)(O)O)C1O)OC(=O)O. The van der Waals surface area contributed by atoms with Crippen molar-refractivity contribution >= 4 is 35.8 Å². The lowest BCUT2D eigenvalue weighted by Crippen LogP contribution is -2.65. The Balaban J connectivity index is 3.08. The molecule has 1 rings (SSSR count). The molecule has 10 N–H and O–H groups in total. The average Bonchev–Trinajstić information content (AvgIpc) is 2.66. The van der Waals surface area contributed by atoms with Crippen LogP contribution in [-0.4, -0.2) is 118 Å². The molecule has 0 saturated heterocycles. The molecule has 0 aromatic heterocycles. The van der Waals surface area contributed by atoms with E-state index in [4.69, 9.17) is 29.8 Å². The topological polar surface area (TPSA) is 343 Å². The quantitative estimate of drug-likeness (QED) is 0.0826. The lowest BCUT2D eigenvalue weighted by molar-refractivity contribution is -0.213. The number of rotatable bonds is 12. The van der Waals surface area contributed by atoms with Crippen LogP contribution in [0.1, 0.15) is 0 Å². The maximum Gasteiger partial charge on any atom is 0.506 e. The molecule has 0 bridgehead atoms. The average molecular weight is 582 g/mol. The summed E-state index contributed by atoms with van der Waals surface area (Å²) in [6.07, 6.45) is -21.0. The Kier molecular flexibility index (Phi) is 11.2. The van der Waals surface area contributed by atoms with Crippen LogP contribution < -0.4 is 0 Å². The molecule has 24 heteroatoms. The van der Waals surface area contributed by atoms with Crippen LogP contribution in [0, 0.1) is 0 Å². The van der Waals surface area contributed by atoms with Crippen LogP contribution in [0.15, 0.2) is 0 Å². The summed E-state index contributed by atoms with van der Waals surface area (Å²) in [5.41, 5.74) is 0. The summed E-state index contributed by atoms with van der Waals surface area (Å²) >= 11 is 0. The number of phosphoric ester groups is 3. The normalized spacial score (nSPS) is 30.2. The minimum atomic E-state index is -5.59. The molecule has 1 aliphatic carbocycles. The van der Waals surface area contributed by atoms with E-state index >= 15 is 0 Å². The largest absolute Gasteiger partial charge is 0.506 e. The summed E-state index contributed by atoms with van der Waals surface area (Å²) in [6, 6.07) is 0. The number of carboxylic acid groups (broad SMARTS) is 2. The molecule has 8 atom stereocenters. The molecule has 1 saturated carbocycles. The van der Waals surface area contributed by atoms with Gasteiger partial charge in [0, 0.05) is 0 Å². The van der Waals surface area contributed by atoms with Gasteiger partial charge >= 0.3 is 35.8 Å². The zero-order valence-corrected chi connectivity index (χ0v) is 19.4. The van der Waals surface area contributed by atoms with Crippen molar-refractivity contribution in [1.29, 1.82) is 0 Å². The molecule has 1 aliphatic rings. The monoisotopic (exact) mass is 582 g/mol. The third kappa shape index (κ3) is 11.1. The molecule has 0 spiro atoms. The van der Waals surface area contributed by atoms with Crippen molar-refractivity contribution in [1.82, 2.24) is 0 Å². The van der Waals surface area contributed by atoms with Crippen LogP contribution >= 0.6 is 23.5 Å². The minimum absolute atomic E-state index is 1.02. The second kappa shape index (κ2) is 12.3. The predicted octanol–water partition coefficient (Wildman–Crippen LogP) is -2.70. The van der Waals surface area contributed by atoms with Gasteiger partial charge in [-0.3, -0.25) is 18.1 Å². The highest BCUT2D eigenvalue weighted by molar-refractivity contribution is 7.47. The van der Waals surface area contributed by atoms with Crippen LogP contribution in [0.3, 0.4) is 0 Å². The summed E-state index contributed by atoms with van der Waals surface area (Å²) in [5, 5.41) is 47.5. The van der Waals surface area contributed by atoms with Gasteiger partial charge in [-0.15, -0.1) is 0 Å². The standard InChI is InChI=1S/C11H21O21P3/c12-4-5(13)8(30-33(19,20)21)9(31-34(22,23)24)6(14)7(4)32-35(25,26)28-2-3(29-11(17)18)1-27-10(15)16/h3-9,12-14H,1-2H2,(H,15,16)(H,17,18)(H,25,26)(H2,19,20,21)(H2,22,23,24). The van der Waals surface area contributed by atoms with Gasteiger partial charge in [0.1, 0.15) is 43.2 Å². The van der Waals surface area contributed by atoms with Gasteiger partial charge < -0.3 is 59.5 Å². The van der Waals surface area contributed by atoms with Crippen molar-refractivity contribution in [2.24, 2.45) is 0 Å². The fourth-order valence-corrected chi connectivity index (χ4v) is 4.73. The molecule has 35 heavy (non-hydrogen) atoms. The maximum atomic E-state index is 12.2. The van der Waals surface area contributed by atoms with Gasteiger partial charge in [-0.2, -0.15) is 0 Å². The number of phosphoric acid groups is 3. The van der Waals surface area contributed by atoms with Crippen LogP contribution in [0.25, 0.3) is 0 Å². The first-order valence-corrected chi connectivity index (χ1v) is 13.2. The summed E-state index contributed by atoms with van der Waals surface area (Å²) in [4.78, 5) is 66.6. The number of carbonyl (C=O) groups is 2. The van der Waals surface area contributed by atoms with Gasteiger partial charge in [0.15, 0.2) is 6.10 Å². The minimum Gasteiger partial charge on any atom is -0.450 e. The fraction of sp³-hybridized carbons (Fsp3) is 0.818. The van der Waals surface area contributed by atoms with Gasteiger partial charge in [0.05, 0.1) is 6.61 Å². The van der Waals surface area contributed by atoms with E-state index in [0.717, 1.165) is 0 Å². The molecule has 1 fully saturated rings. The van der Waals surface area contributed by atoms with Gasteiger partial charge in [-0.05, 0) is 0 Å². The Morgan fingerprint density at radius 3 is 1.57 bits per heavy atom. The highest BCUT2D eigenvalue weighted by Crippen LogP contribution is 2.51. The zero-order valence-electron chi connectivity index (χ0n) is 16.8. The van der Waals surface area contributed by atoms with Gasteiger partial charge in [0.2, 0.25) is 0 Å². The first kappa shape index (κ1) is 31.8. The van der Waals surface area contributed by atoms with Crippen molar-refractivity contribution in [2.75, 3.05) is 13.2 Å². The molecule has 0 heterocycles. The highest BCUT2D eigenvalue weighted by Gasteiger charge is 2.56. The number of aliphatic hydroxyl groups excluding tert-OH is 3. The third-order valence-electron chi connectivity index (χ3n) is 3.88. The van der Waals surface area contributed by atoms with Crippen molar-refractivity contribution in [3.05, 3.63) is 0 Å². The van der Waals surface area contributed by atoms with E-state index in [1.54, 1.807) is 0 Å². The van der Waals surface area contributed by atoms with Gasteiger partial charge in [-0.1, -0.05) is 0 Å². The Morgan fingerprint density at radius 2 is 1.14 bits per heavy atom. The van der Waals surface area contributed by atoms with Crippen molar-refractivity contribution in [3.8, 4) is 0 Å². The van der Waals surface area contributed by atoms with Crippen molar-refractivity contribution < 1.29 is 101 Å². The maximum absolute atomic E-state index is 12.2. The van der Waals surface area contributed by atoms with Crippen LogP contribution in [-0.2, 0) is 41.3 Å². The van der Waals surface area contributed by atoms with Crippen LogP contribution in [0.5, 0.6) is 0 Å². The van der Waals surface area contributed by atoms with E-state index in [9.17, 15) is 43.5 Å². The second-order valence-corrected chi connectivity index (χ2v) is 10.3. The van der Waals surface area contributed by atoms with E-state index in [-0.39, 0.29) is 0 Å². The lowest BCUT2D eigenvalue weighted by atomic mass is 9.85. The molecule has 0 aromatic rings. The highest BCUT2D eigenvalue weighted by atomic mass is 31.2. The molecular formula is C11H21O21P3. The molecule has 0 aromatic carbocycles. The number of hydrogen-bond acceptors (Lipinski definition) is 14. The smallest absolute Gasteiger partial charge is 0.450 e. The fourth-order valence-electron chi connectivity index (χ4n) is 2.64. The summed E-state index contributed by atoms with van der Waals surface area (Å²) < 4.78 is 59.8. The second-order valence-electron chi connectivity index (χ2n) is 6.51. The molecule has 0 radical (unpaired) electrons. The third-order valence-corrected chi connectivity index (χ3v) is 5.90. The van der Waals surface area contributed by atoms with Gasteiger partial charge in [0.25, 0.3) is 0 Å². The number of hydrogen-bond donors (Lipinski definition) is 10. The number of ether oxygens (including phenoxy) is 2. The van der Waals surface area contributed by atoms with E-state index < -0.39 is 91.7 Å². The summed E-state index contributed by atoms with van der Waals surface area (Å²) in [7, 11) is -16.6. The lowest BCUT2D eigenvalue weighted by Gasteiger charge is -2.44. The first-order valence-electron chi connectivity index (χ1n) is 8.65. The molecule has 206 valence electrons. The zero-order chi connectivity index (χ0) is 27.4. The van der Waals surface area contributed by atoms with E-state index in [1.165, 1.54) is 0 Å². The Labute approximate surface area is 193 Å². The van der Waals surface area contributed by atoms with Crippen molar-refractivity contribution in [3.63, 3.8) is 0 Å². The molecule has 8 unspecified atom stereocenters. The van der Waals surface area contributed by atoms with E-state index in [1.807, 2.05) is 0 Å². The van der Waals surface area contributed by atoms with Gasteiger partial charge in [-0.25, -0.2) is 23.3 Å². The molecular weight excluding hydrogens is 561 g/mol. The molecule has 21 nitrogen and oxygen atoms in total. The van der Waals surface area contributed by atoms with Crippen LogP contribution in [0.2, 0.25) is 0 Å². The summed E-state index contributed by atoms with van der Waals surface area (Å²) in [6.45, 7) is -2.23. The van der Waals surface area contributed by atoms with Crippen molar-refractivity contribution in [2.45, 2.75) is 42.7 Å². The molecule has 0 amide bonds. The first-order chi connectivity index (χ1) is 15.7. The predicted molar refractivity (Wildman–Crippen MR) is 99.4 cm³/mol. The molecule has 0 aliphatic heterocycles. The number of aliphatic hydroxyl groups is 3. The summed E-state index contributed by atoms with van der Waals surface area (Å²) in [5.74, 6) is 0. The Morgan fingerprint density at radius 1 is 0.686 bits per heavy atom.